The van der Waals surface area contributed by atoms with E-state index in [9.17, 15) is 0 Å². The van der Waals surface area contributed by atoms with Crippen molar-refractivity contribution in [3.63, 3.8) is 0 Å². The molecule has 2 aliphatic rings. The second-order valence-corrected chi connectivity index (χ2v) is 6.16. The molecule has 0 spiro atoms. The lowest BCUT2D eigenvalue weighted by atomic mass is 9.82. The van der Waals surface area contributed by atoms with E-state index in [2.05, 4.69) is 17.3 Å². The van der Waals surface area contributed by atoms with Crippen molar-refractivity contribution in [1.29, 1.82) is 0 Å². The van der Waals surface area contributed by atoms with Crippen LogP contribution in [0.5, 0.6) is 0 Å². The van der Waals surface area contributed by atoms with Crippen molar-refractivity contribution >= 4 is 0 Å². The summed E-state index contributed by atoms with van der Waals surface area (Å²) in [7, 11) is 2.32. The van der Waals surface area contributed by atoms with E-state index in [4.69, 9.17) is 5.11 Å². The number of aliphatic hydroxyl groups is 1. The average molecular weight is 254 g/mol. The van der Waals surface area contributed by atoms with E-state index in [-0.39, 0.29) is 0 Å². The molecule has 2 heterocycles. The SMILES string of the molecule is CN1C2CCCC1CC(NCCCCCCO)C2. The van der Waals surface area contributed by atoms with Crippen molar-refractivity contribution in [3.05, 3.63) is 0 Å². The maximum absolute atomic E-state index is 8.72. The van der Waals surface area contributed by atoms with Gasteiger partial charge in [0.05, 0.1) is 0 Å². The number of piperidine rings is 2. The minimum atomic E-state index is 0.353. The molecule has 2 rings (SSSR count). The third kappa shape index (κ3) is 3.94. The summed E-state index contributed by atoms with van der Waals surface area (Å²) in [5, 5.41) is 12.5. The van der Waals surface area contributed by atoms with E-state index in [0.29, 0.717) is 6.61 Å². The van der Waals surface area contributed by atoms with Gasteiger partial charge in [0.2, 0.25) is 0 Å². The summed E-state index contributed by atoms with van der Waals surface area (Å²) in [6.45, 7) is 1.52. The van der Waals surface area contributed by atoms with Crippen LogP contribution in [-0.4, -0.2) is 48.3 Å². The largest absolute Gasteiger partial charge is 0.396 e. The molecule has 0 aromatic rings. The zero-order chi connectivity index (χ0) is 12.8. The van der Waals surface area contributed by atoms with Gasteiger partial charge < -0.3 is 15.3 Å². The number of hydrogen-bond donors (Lipinski definition) is 2. The predicted molar refractivity (Wildman–Crippen MR) is 75.8 cm³/mol. The molecular formula is C15H30N2O. The van der Waals surface area contributed by atoms with Crippen LogP contribution in [0.4, 0.5) is 0 Å². The topological polar surface area (TPSA) is 35.5 Å². The van der Waals surface area contributed by atoms with Gasteiger partial charge >= 0.3 is 0 Å². The average Bonchev–Trinajstić information content (AvgIpc) is 2.34. The van der Waals surface area contributed by atoms with E-state index in [1.165, 1.54) is 57.9 Å². The lowest BCUT2D eigenvalue weighted by Gasteiger charge is -2.47. The van der Waals surface area contributed by atoms with E-state index >= 15 is 0 Å². The van der Waals surface area contributed by atoms with E-state index in [1.54, 1.807) is 0 Å². The number of aliphatic hydroxyl groups excluding tert-OH is 1. The van der Waals surface area contributed by atoms with Crippen molar-refractivity contribution in [3.8, 4) is 0 Å². The number of fused-ring (bicyclic) bond motifs is 2. The predicted octanol–water partition coefficient (Wildman–Crippen LogP) is 2.14. The van der Waals surface area contributed by atoms with E-state index in [1.807, 2.05) is 0 Å². The van der Waals surface area contributed by atoms with Crippen LogP contribution in [0.2, 0.25) is 0 Å². The molecule has 2 aliphatic heterocycles. The second kappa shape index (κ2) is 7.46. The summed E-state index contributed by atoms with van der Waals surface area (Å²) < 4.78 is 0. The molecule has 0 aliphatic carbocycles. The highest BCUT2D eigenvalue weighted by Gasteiger charge is 2.35. The first kappa shape index (κ1) is 14.3. The summed E-state index contributed by atoms with van der Waals surface area (Å²) in [5.41, 5.74) is 0. The van der Waals surface area contributed by atoms with Gasteiger partial charge in [0, 0.05) is 24.7 Å². The number of hydrogen-bond acceptors (Lipinski definition) is 3. The first-order valence-corrected chi connectivity index (χ1v) is 7.87. The van der Waals surface area contributed by atoms with Crippen molar-refractivity contribution in [2.45, 2.75) is 75.9 Å². The van der Waals surface area contributed by atoms with Gasteiger partial charge in [-0.2, -0.15) is 0 Å². The molecule has 0 radical (unpaired) electrons. The van der Waals surface area contributed by atoms with Crippen LogP contribution in [-0.2, 0) is 0 Å². The molecule has 0 aromatic heterocycles. The summed E-state index contributed by atoms with van der Waals surface area (Å²) in [6.07, 6.45) is 11.6. The first-order valence-electron chi connectivity index (χ1n) is 7.87. The maximum atomic E-state index is 8.72. The molecule has 3 heteroatoms. The summed E-state index contributed by atoms with van der Waals surface area (Å²) in [4.78, 5) is 2.63. The minimum Gasteiger partial charge on any atom is -0.396 e. The number of unbranched alkanes of at least 4 members (excludes halogenated alkanes) is 3. The number of rotatable bonds is 7. The fourth-order valence-corrected chi connectivity index (χ4v) is 3.68. The van der Waals surface area contributed by atoms with Crippen LogP contribution in [0.3, 0.4) is 0 Å². The van der Waals surface area contributed by atoms with Crippen molar-refractivity contribution in [1.82, 2.24) is 10.2 Å². The third-order valence-corrected chi connectivity index (χ3v) is 4.86. The Hall–Kier alpha value is -0.120. The number of nitrogens with one attached hydrogen (secondary N) is 1. The Balaban J connectivity index is 1.60. The normalized spacial score (nSPS) is 32.7. The van der Waals surface area contributed by atoms with Gasteiger partial charge in [0.15, 0.2) is 0 Å². The smallest absolute Gasteiger partial charge is 0.0431 e. The molecule has 18 heavy (non-hydrogen) atoms. The Morgan fingerprint density at radius 1 is 1.06 bits per heavy atom. The fraction of sp³-hybridized carbons (Fsp3) is 1.00. The van der Waals surface area contributed by atoms with Crippen LogP contribution in [0.25, 0.3) is 0 Å². The molecule has 3 nitrogen and oxygen atoms in total. The van der Waals surface area contributed by atoms with Gasteiger partial charge in [-0.25, -0.2) is 0 Å². The Morgan fingerprint density at radius 3 is 2.39 bits per heavy atom. The van der Waals surface area contributed by atoms with Crippen LogP contribution in [0.1, 0.15) is 57.8 Å². The Bertz CT molecular complexity index is 221. The highest BCUT2D eigenvalue weighted by atomic mass is 16.2. The van der Waals surface area contributed by atoms with Crippen LogP contribution < -0.4 is 5.32 Å². The molecular weight excluding hydrogens is 224 g/mol. The molecule has 2 atom stereocenters. The van der Waals surface area contributed by atoms with Gasteiger partial charge in [0.25, 0.3) is 0 Å². The minimum absolute atomic E-state index is 0.353. The van der Waals surface area contributed by atoms with Crippen molar-refractivity contribution in [2.24, 2.45) is 0 Å². The second-order valence-electron chi connectivity index (χ2n) is 6.16. The quantitative estimate of drug-likeness (QED) is 0.683. The molecule has 2 unspecified atom stereocenters. The molecule has 0 saturated carbocycles. The molecule has 0 aromatic carbocycles. The molecule has 2 saturated heterocycles. The lowest BCUT2D eigenvalue weighted by Crippen LogP contribution is -2.54. The van der Waals surface area contributed by atoms with Crippen molar-refractivity contribution < 1.29 is 5.11 Å². The summed E-state index contributed by atoms with van der Waals surface area (Å²) in [6, 6.07) is 2.43. The monoisotopic (exact) mass is 254 g/mol. The van der Waals surface area contributed by atoms with Crippen molar-refractivity contribution in [2.75, 3.05) is 20.2 Å². The number of nitrogens with zero attached hydrogens (tertiary/aromatic N) is 1. The van der Waals surface area contributed by atoms with E-state index < -0.39 is 0 Å². The Labute approximate surface area is 112 Å². The van der Waals surface area contributed by atoms with Gasteiger partial charge in [0.1, 0.15) is 0 Å². The first-order chi connectivity index (χ1) is 8.81. The Morgan fingerprint density at radius 2 is 1.72 bits per heavy atom. The van der Waals surface area contributed by atoms with Gasteiger partial charge in [-0.05, 0) is 52.1 Å². The van der Waals surface area contributed by atoms with Crippen LogP contribution >= 0.6 is 0 Å². The third-order valence-electron chi connectivity index (χ3n) is 4.86. The molecule has 2 fully saturated rings. The Kier molecular flexibility index (Phi) is 5.93. The summed E-state index contributed by atoms with van der Waals surface area (Å²) >= 11 is 0. The van der Waals surface area contributed by atoms with E-state index in [0.717, 1.165) is 24.5 Å². The lowest BCUT2D eigenvalue weighted by molar-refractivity contribution is 0.0486. The molecule has 2 N–H and O–H groups in total. The van der Waals surface area contributed by atoms with Gasteiger partial charge in [-0.1, -0.05) is 19.3 Å². The van der Waals surface area contributed by atoms with Gasteiger partial charge in [-0.3, -0.25) is 0 Å². The molecule has 2 bridgehead atoms. The zero-order valence-electron chi connectivity index (χ0n) is 11.9. The highest BCUT2D eigenvalue weighted by Crippen LogP contribution is 2.32. The zero-order valence-corrected chi connectivity index (χ0v) is 11.9. The molecule has 0 amide bonds. The van der Waals surface area contributed by atoms with Gasteiger partial charge in [-0.15, -0.1) is 0 Å². The standard InChI is InChI=1S/C15H30N2O/c1-17-14-7-6-8-15(17)12-13(11-14)16-9-4-2-3-5-10-18/h13-16,18H,2-12H2,1H3. The maximum Gasteiger partial charge on any atom is 0.0431 e. The van der Waals surface area contributed by atoms with Crippen LogP contribution in [0, 0.1) is 0 Å². The highest BCUT2D eigenvalue weighted by molar-refractivity contribution is 4.93. The molecule has 106 valence electrons. The summed E-state index contributed by atoms with van der Waals surface area (Å²) in [5.74, 6) is 0. The van der Waals surface area contributed by atoms with Crippen LogP contribution in [0.15, 0.2) is 0 Å². The fourth-order valence-electron chi connectivity index (χ4n) is 3.68.